The van der Waals surface area contributed by atoms with E-state index in [1.54, 1.807) is 0 Å². The van der Waals surface area contributed by atoms with Gasteiger partial charge in [0.2, 0.25) is 10.0 Å². The molecule has 0 heterocycles. The maximum atomic E-state index is 11.6. The van der Waals surface area contributed by atoms with Gasteiger partial charge >= 0.3 is 0 Å². The van der Waals surface area contributed by atoms with Crippen LogP contribution < -0.4 is 10.5 Å². The number of hydrogen-bond donors (Lipinski definition) is 2. The zero-order valence-electron chi connectivity index (χ0n) is 9.81. The summed E-state index contributed by atoms with van der Waals surface area (Å²) in [6.45, 7) is 2.46. The van der Waals surface area contributed by atoms with Gasteiger partial charge < -0.3 is 5.73 Å². The minimum absolute atomic E-state index is 0. The summed E-state index contributed by atoms with van der Waals surface area (Å²) in [6.07, 6.45) is 4.93. The fourth-order valence-electron chi connectivity index (χ4n) is 2.20. The first kappa shape index (κ1) is 16.2. The van der Waals surface area contributed by atoms with Crippen LogP contribution in [-0.2, 0) is 10.0 Å². The monoisotopic (exact) mass is 270 g/mol. The van der Waals surface area contributed by atoms with Crippen LogP contribution in [0.25, 0.3) is 0 Å². The predicted octanol–water partition coefficient (Wildman–Crippen LogP) is 1.26. The molecule has 0 aromatic rings. The van der Waals surface area contributed by atoms with Crippen LogP contribution in [-0.4, -0.2) is 26.8 Å². The summed E-state index contributed by atoms with van der Waals surface area (Å²) in [6, 6.07) is 0.0697. The molecular weight excluding hydrogens is 248 g/mol. The van der Waals surface area contributed by atoms with Gasteiger partial charge in [0.05, 0.1) is 5.75 Å². The van der Waals surface area contributed by atoms with E-state index in [1.165, 1.54) is 6.42 Å². The summed E-state index contributed by atoms with van der Waals surface area (Å²) < 4.78 is 26.0. The van der Waals surface area contributed by atoms with Crippen LogP contribution in [0.15, 0.2) is 0 Å². The minimum atomic E-state index is -3.08. The van der Waals surface area contributed by atoms with E-state index in [0.29, 0.717) is 18.9 Å². The minimum Gasteiger partial charge on any atom is -0.330 e. The van der Waals surface area contributed by atoms with Gasteiger partial charge in [0.15, 0.2) is 0 Å². The highest BCUT2D eigenvalue weighted by atomic mass is 35.5. The molecular formula is C10H23ClN2O2S. The lowest BCUT2D eigenvalue weighted by molar-refractivity contribution is 0.296. The average Bonchev–Trinajstić information content (AvgIpc) is 2.17. The van der Waals surface area contributed by atoms with E-state index in [0.717, 1.165) is 19.3 Å². The largest absolute Gasteiger partial charge is 0.330 e. The Morgan fingerprint density at radius 2 is 1.94 bits per heavy atom. The summed E-state index contributed by atoms with van der Waals surface area (Å²) in [5.41, 5.74) is 5.65. The lowest BCUT2D eigenvalue weighted by Gasteiger charge is -2.30. The van der Waals surface area contributed by atoms with Gasteiger partial charge in [0, 0.05) is 6.04 Å². The molecule has 0 radical (unpaired) electrons. The third-order valence-electron chi connectivity index (χ3n) is 3.02. The molecule has 0 aliphatic heterocycles. The lowest BCUT2D eigenvalue weighted by Crippen LogP contribution is -2.45. The Balaban J connectivity index is 0.00000225. The molecule has 1 aliphatic carbocycles. The van der Waals surface area contributed by atoms with E-state index in [9.17, 15) is 8.42 Å². The van der Waals surface area contributed by atoms with Crippen LogP contribution >= 0.6 is 12.4 Å². The molecule has 16 heavy (non-hydrogen) atoms. The standard InChI is InChI=1S/C10H22N2O2S.ClH/c1-2-7-15(13,14)12-10-6-4-3-5-9(10)8-11;/h9-10,12H,2-8,11H2,1H3;1H. The molecule has 0 aromatic heterocycles. The molecule has 98 valence electrons. The zero-order chi connectivity index (χ0) is 11.3. The van der Waals surface area contributed by atoms with Crippen molar-refractivity contribution in [3.63, 3.8) is 0 Å². The maximum Gasteiger partial charge on any atom is 0.211 e. The van der Waals surface area contributed by atoms with Crippen LogP contribution in [0.4, 0.5) is 0 Å². The second-order valence-electron chi connectivity index (χ2n) is 4.32. The van der Waals surface area contributed by atoms with Crippen molar-refractivity contribution in [3.05, 3.63) is 0 Å². The number of nitrogens with one attached hydrogen (secondary N) is 1. The first-order chi connectivity index (χ1) is 7.09. The van der Waals surface area contributed by atoms with Gasteiger partial charge in [0.25, 0.3) is 0 Å². The summed E-state index contributed by atoms with van der Waals surface area (Å²) in [5, 5.41) is 0. The Hall–Kier alpha value is 0.160. The van der Waals surface area contributed by atoms with Gasteiger partial charge in [-0.05, 0) is 31.7 Å². The number of sulfonamides is 1. The fourth-order valence-corrected chi connectivity index (χ4v) is 3.63. The highest BCUT2D eigenvalue weighted by molar-refractivity contribution is 7.89. The van der Waals surface area contributed by atoms with Crippen molar-refractivity contribution in [1.29, 1.82) is 0 Å². The summed E-state index contributed by atoms with van der Waals surface area (Å²) in [4.78, 5) is 0. The smallest absolute Gasteiger partial charge is 0.211 e. The van der Waals surface area contributed by atoms with Crippen LogP contribution in [0.2, 0.25) is 0 Å². The van der Waals surface area contributed by atoms with Crippen molar-refractivity contribution in [2.45, 2.75) is 45.1 Å². The van der Waals surface area contributed by atoms with E-state index in [-0.39, 0.29) is 24.2 Å². The Bertz CT molecular complexity index is 283. The SMILES string of the molecule is CCCS(=O)(=O)NC1CCCCC1CN.Cl. The van der Waals surface area contributed by atoms with Crippen molar-refractivity contribution >= 4 is 22.4 Å². The molecule has 6 heteroatoms. The van der Waals surface area contributed by atoms with Gasteiger partial charge in [-0.1, -0.05) is 19.8 Å². The third kappa shape index (κ3) is 4.99. The van der Waals surface area contributed by atoms with E-state index >= 15 is 0 Å². The summed E-state index contributed by atoms with van der Waals surface area (Å²) >= 11 is 0. The Labute approximate surface area is 105 Å². The van der Waals surface area contributed by atoms with Crippen molar-refractivity contribution < 1.29 is 8.42 Å². The zero-order valence-corrected chi connectivity index (χ0v) is 11.4. The molecule has 1 saturated carbocycles. The van der Waals surface area contributed by atoms with Gasteiger partial charge in [0.1, 0.15) is 0 Å². The number of halogens is 1. The fraction of sp³-hybridized carbons (Fsp3) is 1.00. The Morgan fingerprint density at radius 1 is 1.31 bits per heavy atom. The molecule has 0 bridgehead atoms. The molecule has 2 atom stereocenters. The van der Waals surface area contributed by atoms with Crippen molar-refractivity contribution in [2.24, 2.45) is 11.7 Å². The Kier molecular flexibility index (Phi) is 7.55. The van der Waals surface area contributed by atoms with E-state index in [1.807, 2.05) is 6.92 Å². The molecule has 1 aliphatic rings. The van der Waals surface area contributed by atoms with Gasteiger partial charge in [-0.15, -0.1) is 12.4 Å². The number of nitrogens with two attached hydrogens (primary N) is 1. The molecule has 0 amide bonds. The first-order valence-electron chi connectivity index (χ1n) is 5.79. The predicted molar refractivity (Wildman–Crippen MR) is 69.3 cm³/mol. The molecule has 3 N–H and O–H groups in total. The van der Waals surface area contributed by atoms with Gasteiger partial charge in [-0.3, -0.25) is 0 Å². The highest BCUT2D eigenvalue weighted by Gasteiger charge is 2.27. The van der Waals surface area contributed by atoms with Crippen molar-refractivity contribution in [3.8, 4) is 0 Å². The molecule has 1 fully saturated rings. The molecule has 0 saturated heterocycles. The highest BCUT2D eigenvalue weighted by Crippen LogP contribution is 2.24. The maximum absolute atomic E-state index is 11.6. The van der Waals surface area contributed by atoms with Gasteiger partial charge in [-0.2, -0.15) is 0 Å². The van der Waals surface area contributed by atoms with E-state index < -0.39 is 10.0 Å². The number of rotatable bonds is 5. The summed E-state index contributed by atoms with van der Waals surface area (Å²) in [5.74, 6) is 0.547. The van der Waals surface area contributed by atoms with E-state index in [4.69, 9.17) is 5.73 Å². The van der Waals surface area contributed by atoms with Crippen molar-refractivity contribution in [2.75, 3.05) is 12.3 Å². The Morgan fingerprint density at radius 3 is 2.50 bits per heavy atom. The number of hydrogen-bond acceptors (Lipinski definition) is 3. The van der Waals surface area contributed by atoms with Crippen LogP contribution in [0.3, 0.4) is 0 Å². The van der Waals surface area contributed by atoms with Gasteiger partial charge in [-0.25, -0.2) is 13.1 Å². The molecule has 1 rings (SSSR count). The van der Waals surface area contributed by atoms with Crippen LogP contribution in [0, 0.1) is 5.92 Å². The molecule has 2 unspecified atom stereocenters. The summed E-state index contributed by atoms with van der Waals surface area (Å²) in [7, 11) is -3.08. The molecule has 0 spiro atoms. The van der Waals surface area contributed by atoms with Crippen LogP contribution in [0.1, 0.15) is 39.0 Å². The quantitative estimate of drug-likeness (QED) is 0.790. The average molecular weight is 271 g/mol. The molecule has 4 nitrogen and oxygen atoms in total. The second-order valence-corrected chi connectivity index (χ2v) is 6.20. The third-order valence-corrected chi connectivity index (χ3v) is 4.62. The first-order valence-corrected chi connectivity index (χ1v) is 7.44. The topological polar surface area (TPSA) is 72.2 Å². The van der Waals surface area contributed by atoms with Crippen LogP contribution in [0.5, 0.6) is 0 Å². The normalized spacial score (nSPS) is 26.1. The van der Waals surface area contributed by atoms with E-state index in [2.05, 4.69) is 4.72 Å². The lowest BCUT2D eigenvalue weighted by atomic mass is 9.85. The van der Waals surface area contributed by atoms with Crippen molar-refractivity contribution in [1.82, 2.24) is 4.72 Å². The second kappa shape index (κ2) is 7.48. The molecule has 0 aromatic carbocycles.